The van der Waals surface area contributed by atoms with E-state index in [2.05, 4.69) is 22.9 Å². The van der Waals surface area contributed by atoms with E-state index in [1.54, 1.807) is 11.3 Å². The monoisotopic (exact) mass is 277 g/mol. The lowest BCUT2D eigenvalue weighted by Gasteiger charge is -2.25. The Labute approximate surface area is 97.3 Å². The summed E-state index contributed by atoms with van der Waals surface area (Å²) >= 11 is 5.11. The van der Waals surface area contributed by atoms with E-state index in [1.165, 1.54) is 4.88 Å². The van der Waals surface area contributed by atoms with Crippen LogP contribution in [0.2, 0.25) is 0 Å². The van der Waals surface area contributed by atoms with Crippen LogP contribution in [-0.2, 0) is 6.42 Å². The number of hydrogen-bond donors (Lipinski definition) is 2. The molecule has 80 valence electrons. The third-order valence-corrected chi connectivity index (χ3v) is 4.20. The van der Waals surface area contributed by atoms with Gasteiger partial charge in [-0.15, -0.1) is 11.3 Å². The maximum absolute atomic E-state index is 10.2. The normalized spacial score (nSPS) is 15.4. The molecule has 0 bridgehead atoms. The zero-order chi connectivity index (χ0) is 10.6. The Morgan fingerprint density at radius 2 is 2.36 bits per heavy atom. The van der Waals surface area contributed by atoms with Crippen molar-refractivity contribution in [2.24, 2.45) is 5.73 Å². The molecule has 0 saturated heterocycles. The first-order valence-corrected chi connectivity index (χ1v) is 6.43. The molecule has 0 spiro atoms. The Balaban J connectivity index is 2.69. The van der Waals surface area contributed by atoms with Crippen LogP contribution in [0.1, 0.15) is 24.6 Å². The van der Waals surface area contributed by atoms with Crippen LogP contribution in [0.15, 0.2) is 15.9 Å². The number of halogens is 1. The molecular formula is C10H16BrNOS. The molecule has 0 radical (unpaired) electrons. The summed E-state index contributed by atoms with van der Waals surface area (Å²) in [5, 5.41) is 12.2. The van der Waals surface area contributed by atoms with Gasteiger partial charge in [0.25, 0.3) is 0 Å². The Bertz CT molecular complexity index is 289. The number of rotatable bonds is 5. The lowest BCUT2D eigenvalue weighted by Crippen LogP contribution is -2.39. The van der Waals surface area contributed by atoms with Crippen LogP contribution in [0.25, 0.3) is 0 Å². The molecule has 1 atom stereocenters. The average Bonchev–Trinajstić information content (AvgIpc) is 2.52. The van der Waals surface area contributed by atoms with Crippen molar-refractivity contribution in [3.8, 4) is 0 Å². The largest absolute Gasteiger partial charge is 0.388 e. The standard InChI is InChI=1S/C10H16BrNOS/c1-2-4-10(13,7-12)6-9-8(11)3-5-14-9/h3,5,13H,2,4,6-7,12H2,1H3. The van der Waals surface area contributed by atoms with Gasteiger partial charge in [0, 0.05) is 22.3 Å². The highest BCUT2D eigenvalue weighted by atomic mass is 79.9. The van der Waals surface area contributed by atoms with Crippen LogP contribution in [0, 0.1) is 0 Å². The molecule has 0 aromatic carbocycles. The van der Waals surface area contributed by atoms with Crippen LogP contribution in [-0.4, -0.2) is 17.3 Å². The predicted molar refractivity (Wildman–Crippen MR) is 64.6 cm³/mol. The van der Waals surface area contributed by atoms with Crippen LogP contribution in [0.4, 0.5) is 0 Å². The van der Waals surface area contributed by atoms with Gasteiger partial charge in [-0.1, -0.05) is 13.3 Å². The molecule has 0 fully saturated rings. The lowest BCUT2D eigenvalue weighted by molar-refractivity contribution is 0.0405. The van der Waals surface area contributed by atoms with E-state index in [0.717, 1.165) is 17.3 Å². The smallest absolute Gasteiger partial charge is 0.0817 e. The van der Waals surface area contributed by atoms with E-state index in [-0.39, 0.29) is 0 Å². The predicted octanol–water partition coefficient (Wildman–Crippen LogP) is 2.54. The molecule has 4 heteroatoms. The van der Waals surface area contributed by atoms with E-state index in [9.17, 15) is 5.11 Å². The van der Waals surface area contributed by atoms with E-state index < -0.39 is 5.60 Å². The van der Waals surface area contributed by atoms with Crippen molar-refractivity contribution >= 4 is 27.3 Å². The molecule has 2 nitrogen and oxygen atoms in total. The molecule has 1 heterocycles. The quantitative estimate of drug-likeness (QED) is 0.869. The SMILES string of the molecule is CCCC(O)(CN)Cc1sccc1Br. The number of hydrogen-bond acceptors (Lipinski definition) is 3. The molecule has 1 aromatic heterocycles. The zero-order valence-electron chi connectivity index (χ0n) is 8.29. The topological polar surface area (TPSA) is 46.2 Å². The van der Waals surface area contributed by atoms with E-state index in [1.807, 2.05) is 11.4 Å². The second-order valence-corrected chi connectivity index (χ2v) is 5.40. The van der Waals surface area contributed by atoms with Gasteiger partial charge in [0.05, 0.1) is 5.60 Å². The third kappa shape index (κ3) is 3.05. The summed E-state index contributed by atoms with van der Waals surface area (Å²) in [7, 11) is 0. The van der Waals surface area contributed by atoms with Crippen molar-refractivity contribution in [1.82, 2.24) is 0 Å². The van der Waals surface area contributed by atoms with Gasteiger partial charge in [-0.25, -0.2) is 0 Å². The van der Waals surface area contributed by atoms with Crippen molar-refractivity contribution in [3.63, 3.8) is 0 Å². The summed E-state index contributed by atoms with van der Waals surface area (Å²) < 4.78 is 1.07. The highest BCUT2D eigenvalue weighted by Gasteiger charge is 2.25. The third-order valence-electron chi connectivity index (χ3n) is 2.28. The molecule has 1 aromatic rings. The fraction of sp³-hybridized carbons (Fsp3) is 0.600. The minimum atomic E-state index is -0.734. The van der Waals surface area contributed by atoms with Gasteiger partial charge in [0.2, 0.25) is 0 Å². The number of thiophene rings is 1. The molecule has 0 amide bonds. The zero-order valence-corrected chi connectivity index (χ0v) is 10.7. The summed E-state index contributed by atoms with van der Waals surface area (Å²) in [6.07, 6.45) is 2.36. The number of aliphatic hydroxyl groups is 1. The van der Waals surface area contributed by atoms with Crippen LogP contribution in [0.5, 0.6) is 0 Å². The van der Waals surface area contributed by atoms with Crippen molar-refractivity contribution < 1.29 is 5.11 Å². The number of nitrogens with two attached hydrogens (primary N) is 1. The highest BCUT2D eigenvalue weighted by molar-refractivity contribution is 9.10. The van der Waals surface area contributed by atoms with E-state index in [4.69, 9.17) is 5.73 Å². The van der Waals surface area contributed by atoms with E-state index in [0.29, 0.717) is 13.0 Å². The van der Waals surface area contributed by atoms with Crippen molar-refractivity contribution in [3.05, 3.63) is 20.8 Å². The van der Waals surface area contributed by atoms with Gasteiger partial charge < -0.3 is 10.8 Å². The van der Waals surface area contributed by atoms with Gasteiger partial charge in [-0.05, 0) is 33.8 Å². The van der Waals surface area contributed by atoms with Crippen LogP contribution < -0.4 is 5.73 Å². The summed E-state index contributed by atoms with van der Waals surface area (Å²) in [5.74, 6) is 0. The van der Waals surface area contributed by atoms with Crippen LogP contribution in [0.3, 0.4) is 0 Å². The first-order valence-electron chi connectivity index (χ1n) is 4.75. The van der Waals surface area contributed by atoms with Gasteiger partial charge in [0.1, 0.15) is 0 Å². The van der Waals surface area contributed by atoms with Crippen molar-refractivity contribution in [1.29, 1.82) is 0 Å². The molecule has 14 heavy (non-hydrogen) atoms. The molecule has 3 N–H and O–H groups in total. The Morgan fingerprint density at radius 3 is 2.79 bits per heavy atom. The molecule has 1 unspecified atom stereocenters. The van der Waals surface area contributed by atoms with Gasteiger partial charge in [-0.3, -0.25) is 0 Å². The fourth-order valence-corrected chi connectivity index (χ4v) is 3.11. The fourth-order valence-electron chi connectivity index (χ4n) is 1.48. The van der Waals surface area contributed by atoms with Gasteiger partial charge >= 0.3 is 0 Å². The van der Waals surface area contributed by atoms with Crippen molar-refractivity contribution in [2.75, 3.05) is 6.54 Å². The summed E-state index contributed by atoms with van der Waals surface area (Å²) in [6.45, 7) is 2.38. The van der Waals surface area contributed by atoms with E-state index >= 15 is 0 Å². The molecule has 1 rings (SSSR count). The molecule has 0 aliphatic rings. The highest BCUT2D eigenvalue weighted by Crippen LogP contribution is 2.28. The molecule has 0 aliphatic carbocycles. The maximum Gasteiger partial charge on any atom is 0.0817 e. The Hall–Kier alpha value is 0.100. The van der Waals surface area contributed by atoms with Crippen molar-refractivity contribution in [2.45, 2.75) is 31.8 Å². The summed E-state index contributed by atoms with van der Waals surface area (Å²) in [4.78, 5) is 1.17. The summed E-state index contributed by atoms with van der Waals surface area (Å²) in [5.41, 5.74) is 4.87. The van der Waals surface area contributed by atoms with Gasteiger partial charge in [-0.2, -0.15) is 0 Å². The summed E-state index contributed by atoms with van der Waals surface area (Å²) in [6, 6.07) is 2.00. The molecule has 0 saturated carbocycles. The minimum absolute atomic E-state index is 0.325. The minimum Gasteiger partial charge on any atom is -0.388 e. The maximum atomic E-state index is 10.2. The first-order chi connectivity index (χ1) is 6.61. The van der Waals surface area contributed by atoms with Crippen LogP contribution >= 0.6 is 27.3 Å². The van der Waals surface area contributed by atoms with Gasteiger partial charge in [0.15, 0.2) is 0 Å². The first kappa shape index (κ1) is 12.2. The second-order valence-electron chi connectivity index (χ2n) is 3.55. The molecular weight excluding hydrogens is 262 g/mol. The Morgan fingerprint density at radius 1 is 1.64 bits per heavy atom. The lowest BCUT2D eigenvalue weighted by atomic mass is 9.93. The average molecular weight is 278 g/mol. The molecule has 0 aliphatic heterocycles. The second kappa shape index (κ2) is 5.26. The Kier molecular flexibility index (Phi) is 4.57.